The molecule has 0 fully saturated rings. The van der Waals surface area contributed by atoms with Gasteiger partial charge in [0.25, 0.3) is 0 Å². The molecule has 110 valence electrons. The van der Waals surface area contributed by atoms with Gasteiger partial charge in [-0.25, -0.2) is 4.57 Å². The molecule has 0 rings (SSSR count). The predicted molar refractivity (Wildman–Crippen MR) is 58.9 cm³/mol. The maximum absolute atomic E-state index is 12.6. The summed E-state index contributed by atoms with van der Waals surface area (Å²) in [5.74, 6) is -4.78. The molecule has 0 aromatic carbocycles. The van der Waals surface area contributed by atoms with Crippen LogP contribution in [0.1, 0.15) is 20.3 Å². The van der Waals surface area contributed by atoms with E-state index < -0.39 is 25.5 Å². The summed E-state index contributed by atoms with van der Waals surface area (Å²) in [5.41, 5.74) is 0. The lowest BCUT2D eigenvalue weighted by Crippen LogP contribution is -2.40. The van der Waals surface area contributed by atoms with Crippen molar-refractivity contribution in [1.29, 1.82) is 0 Å². The quantitative estimate of drug-likeness (QED) is 0.488. The Balaban J connectivity index is 4.57. The van der Waals surface area contributed by atoms with Crippen LogP contribution >= 0.6 is 18.2 Å². The summed E-state index contributed by atoms with van der Waals surface area (Å²) in [5, 5.41) is 0. The monoisotopic (exact) mass is 316 g/mol. The maximum Gasteiger partial charge on any atom is 0.455 e. The summed E-state index contributed by atoms with van der Waals surface area (Å²) in [6.07, 6.45) is -5.18. The number of alkyl halides is 5. The molecule has 0 aliphatic rings. The highest BCUT2D eigenvalue weighted by Crippen LogP contribution is 2.61. The van der Waals surface area contributed by atoms with Crippen molar-refractivity contribution in [3.8, 4) is 0 Å². The van der Waals surface area contributed by atoms with Gasteiger partial charge in [0.15, 0.2) is 0 Å². The van der Waals surface area contributed by atoms with Gasteiger partial charge in [-0.1, -0.05) is 6.92 Å². The van der Waals surface area contributed by atoms with E-state index in [0.29, 0.717) is 17.8 Å². The second-order valence-electron chi connectivity index (χ2n) is 3.17. The van der Waals surface area contributed by atoms with Crippen molar-refractivity contribution in [3.63, 3.8) is 0 Å². The minimum Gasteiger partial charge on any atom is -0.301 e. The van der Waals surface area contributed by atoms with Gasteiger partial charge in [0.2, 0.25) is 0 Å². The topological polar surface area (TPSA) is 35.5 Å². The van der Waals surface area contributed by atoms with Crippen LogP contribution in [0, 0.1) is 0 Å². The fourth-order valence-corrected chi connectivity index (χ4v) is 4.12. The average molecular weight is 316 g/mol. The minimum absolute atomic E-state index is 0.106. The van der Waals surface area contributed by atoms with E-state index in [4.69, 9.17) is 0 Å². The Kier molecular flexibility index (Phi) is 7.13. The lowest BCUT2D eigenvalue weighted by molar-refractivity contribution is -0.290. The van der Waals surface area contributed by atoms with Crippen LogP contribution in [0.15, 0.2) is 0 Å². The zero-order valence-electron chi connectivity index (χ0n) is 9.80. The Morgan fingerprint density at radius 1 is 1.11 bits per heavy atom. The summed E-state index contributed by atoms with van der Waals surface area (Å²) in [4.78, 5) is 0. The van der Waals surface area contributed by atoms with Crippen LogP contribution in [0.4, 0.5) is 22.0 Å². The molecule has 0 N–H and O–H groups in total. The first-order chi connectivity index (χ1) is 8.08. The standard InChI is InChI=1S/C8H14F5O3PS/c1-3-5-18-17(14,15-4-2)16-6-7(9,10)8(11,12)13/h3-6H2,1-2H3. The third-order valence-corrected chi connectivity index (χ3v) is 5.62. The third-order valence-electron chi connectivity index (χ3n) is 1.56. The minimum atomic E-state index is -5.74. The Hall–Kier alpha value is 0.150. The van der Waals surface area contributed by atoms with E-state index in [-0.39, 0.29) is 12.4 Å². The van der Waals surface area contributed by atoms with Crippen LogP contribution in [0.2, 0.25) is 0 Å². The van der Waals surface area contributed by atoms with Crippen LogP contribution in [0.25, 0.3) is 0 Å². The highest BCUT2D eigenvalue weighted by Gasteiger charge is 2.58. The first kappa shape index (κ1) is 18.1. The first-order valence-electron chi connectivity index (χ1n) is 5.06. The highest BCUT2D eigenvalue weighted by atomic mass is 32.7. The molecule has 0 amide bonds. The van der Waals surface area contributed by atoms with E-state index in [2.05, 4.69) is 9.05 Å². The number of halogens is 5. The number of rotatable bonds is 8. The molecule has 3 nitrogen and oxygen atoms in total. The lowest BCUT2D eigenvalue weighted by atomic mass is 10.3. The molecule has 1 atom stereocenters. The van der Waals surface area contributed by atoms with Crippen molar-refractivity contribution in [2.75, 3.05) is 19.0 Å². The average Bonchev–Trinajstić information content (AvgIpc) is 2.23. The first-order valence-corrected chi connectivity index (χ1v) is 8.19. The fraction of sp³-hybridized carbons (Fsp3) is 1.00. The zero-order chi connectivity index (χ0) is 14.4. The van der Waals surface area contributed by atoms with E-state index in [9.17, 15) is 26.5 Å². The predicted octanol–water partition coefficient (Wildman–Crippen LogP) is 4.49. The van der Waals surface area contributed by atoms with Gasteiger partial charge >= 0.3 is 18.9 Å². The van der Waals surface area contributed by atoms with Gasteiger partial charge in [-0.2, -0.15) is 22.0 Å². The molecule has 1 unspecified atom stereocenters. The number of hydrogen-bond donors (Lipinski definition) is 0. The molecule has 10 heteroatoms. The van der Waals surface area contributed by atoms with Gasteiger partial charge in [0.1, 0.15) is 6.61 Å². The van der Waals surface area contributed by atoms with Gasteiger partial charge in [-0.3, -0.25) is 4.52 Å². The molecule has 0 bridgehead atoms. The molecule has 0 spiro atoms. The molecule has 0 aliphatic carbocycles. The molecule has 0 radical (unpaired) electrons. The van der Waals surface area contributed by atoms with Crippen molar-refractivity contribution in [1.82, 2.24) is 0 Å². The van der Waals surface area contributed by atoms with E-state index in [1.807, 2.05) is 0 Å². The molecular weight excluding hydrogens is 302 g/mol. The number of hydrogen-bond acceptors (Lipinski definition) is 4. The summed E-state index contributed by atoms with van der Waals surface area (Å²) >= 11 is 0.610. The Bertz CT molecular complexity index is 297. The van der Waals surface area contributed by atoms with E-state index in [1.165, 1.54) is 6.92 Å². The van der Waals surface area contributed by atoms with E-state index in [1.54, 1.807) is 6.92 Å². The highest BCUT2D eigenvalue weighted by molar-refractivity contribution is 8.55. The Morgan fingerprint density at radius 3 is 2.06 bits per heavy atom. The van der Waals surface area contributed by atoms with E-state index >= 15 is 0 Å². The summed E-state index contributed by atoms with van der Waals surface area (Å²) in [6.45, 7) is -2.92. The van der Waals surface area contributed by atoms with Crippen LogP contribution < -0.4 is 0 Å². The molecule has 0 aromatic heterocycles. The lowest BCUT2D eigenvalue weighted by Gasteiger charge is -2.22. The van der Waals surface area contributed by atoms with Crippen molar-refractivity contribution < 1.29 is 35.6 Å². The second-order valence-corrected chi connectivity index (χ2v) is 7.37. The van der Waals surface area contributed by atoms with Crippen molar-refractivity contribution >= 4 is 18.2 Å². The fourth-order valence-electron chi connectivity index (χ4n) is 0.715. The Morgan fingerprint density at radius 2 is 1.67 bits per heavy atom. The summed E-state index contributed by atoms with van der Waals surface area (Å²) < 4.78 is 81.4. The molecule has 18 heavy (non-hydrogen) atoms. The van der Waals surface area contributed by atoms with Gasteiger partial charge in [-0.15, -0.1) is 0 Å². The molecule has 0 heterocycles. The molecule has 0 saturated carbocycles. The van der Waals surface area contributed by atoms with Crippen LogP contribution in [-0.4, -0.2) is 31.1 Å². The molecule has 0 saturated heterocycles. The largest absolute Gasteiger partial charge is 0.455 e. The molecular formula is C8H14F5O3PS. The van der Waals surface area contributed by atoms with Gasteiger partial charge in [0.05, 0.1) is 6.61 Å². The van der Waals surface area contributed by atoms with Gasteiger partial charge in [-0.05, 0) is 24.7 Å². The van der Waals surface area contributed by atoms with E-state index in [0.717, 1.165) is 0 Å². The van der Waals surface area contributed by atoms with Crippen LogP contribution in [0.3, 0.4) is 0 Å². The van der Waals surface area contributed by atoms with Gasteiger partial charge in [0, 0.05) is 5.75 Å². The summed E-state index contributed by atoms with van der Waals surface area (Å²) in [6, 6.07) is 0. The second kappa shape index (κ2) is 7.07. The van der Waals surface area contributed by atoms with Crippen molar-refractivity contribution in [2.24, 2.45) is 0 Å². The Labute approximate surface area is 106 Å². The van der Waals surface area contributed by atoms with Crippen LogP contribution in [0.5, 0.6) is 0 Å². The maximum atomic E-state index is 12.6. The third kappa shape index (κ3) is 5.86. The van der Waals surface area contributed by atoms with Crippen molar-refractivity contribution in [3.05, 3.63) is 0 Å². The smallest absolute Gasteiger partial charge is 0.301 e. The zero-order valence-corrected chi connectivity index (χ0v) is 11.5. The van der Waals surface area contributed by atoms with Gasteiger partial charge < -0.3 is 4.52 Å². The molecule has 0 aliphatic heterocycles. The SMILES string of the molecule is CCCSP(=O)(OCC)OCC(F)(F)C(F)(F)F. The van der Waals surface area contributed by atoms with Crippen LogP contribution in [-0.2, 0) is 13.6 Å². The normalized spacial score (nSPS) is 16.6. The summed E-state index contributed by atoms with van der Waals surface area (Å²) in [7, 11) is 0. The molecule has 0 aromatic rings. The van der Waals surface area contributed by atoms with Crippen molar-refractivity contribution in [2.45, 2.75) is 32.4 Å².